The summed E-state index contributed by atoms with van der Waals surface area (Å²) in [5.41, 5.74) is 1.99. The van der Waals surface area contributed by atoms with Gasteiger partial charge in [-0.2, -0.15) is 5.10 Å². The van der Waals surface area contributed by atoms with Crippen molar-refractivity contribution in [2.75, 3.05) is 11.9 Å². The summed E-state index contributed by atoms with van der Waals surface area (Å²) in [5.74, 6) is 1.86. The van der Waals surface area contributed by atoms with Crippen molar-refractivity contribution < 1.29 is 0 Å². The number of rotatable bonds is 6. The second kappa shape index (κ2) is 6.31. The molecule has 2 aromatic rings. The number of pyridine rings is 1. The van der Waals surface area contributed by atoms with Gasteiger partial charge < -0.3 is 5.32 Å². The normalized spacial score (nSPS) is 10.7. The molecule has 0 atom stereocenters. The molecule has 2 rings (SSSR count). The van der Waals surface area contributed by atoms with Gasteiger partial charge in [0.15, 0.2) is 5.82 Å². The third kappa shape index (κ3) is 3.10. The molecule has 19 heavy (non-hydrogen) atoms. The lowest BCUT2D eigenvalue weighted by atomic mass is 10.3. The van der Waals surface area contributed by atoms with Crippen molar-refractivity contribution in [3.05, 3.63) is 30.1 Å². The van der Waals surface area contributed by atoms with Crippen LogP contribution in [0.2, 0.25) is 0 Å². The summed E-state index contributed by atoms with van der Waals surface area (Å²) in [4.78, 5) is 8.79. The van der Waals surface area contributed by atoms with Gasteiger partial charge in [0.1, 0.15) is 5.82 Å². The van der Waals surface area contributed by atoms with Gasteiger partial charge in [-0.25, -0.2) is 9.67 Å². The fourth-order valence-corrected chi connectivity index (χ4v) is 1.89. The van der Waals surface area contributed by atoms with E-state index in [1.807, 2.05) is 17.1 Å². The Hall–Kier alpha value is -1.91. The van der Waals surface area contributed by atoms with Crippen molar-refractivity contribution in [2.24, 2.45) is 0 Å². The molecule has 2 heterocycles. The molecule has 0 aliphatic carbocycles. The predicted molar refractivity (Wildman–Crippen MR) is 76.7 cm³/mol. The van der Waals surface area contributed by atoms with Gasteiger partial charge in [0.2, 0.25) is 0 Å². The number of anilines is 1. The Bertz CT molecular complexity index is 532. The molecule has 2 aromatic heterocycles. The molecule has 0 fully saturated rings. The standard InChI is InChI=1S/C14H21N5/c1-4-7-16-11-8-12(10-15-9-11)19-14(6-3)17-13(5-2)18-19/h8-10,16H,4-7H2,1-3H3. The smallest absolute Gasteiger partial charge is 0.151 e. The number of hydrogen-bond donors (Lipinski definition) is 1. The molecule has 0 bridgehead atoms. The van der Waals surface area contributed by atoms with Gasteiger partial charge in [-0.05, 0) is 12.5 Å². The Morgan fingerprint density at radius 2 is 2.00 bits per heavy atom. The minimum Gasteiger partial charge on any atom is -0.384 e. The summed E-state index contributed by atoms with van der Waals surface area (Å²) in [6.07, 6.45) is 6.46. The van der Waals surface area contributed by atoms with E-state index in [0.29, 0.717) is 0 Å². The Labute approximate surface area is 114 Å². The van der Waals surface area contributed by atoms with Crippen molar-refractivity contribution >= 4 is 5.69 Å². The summed E-state index contributed by atoms with van der Waals surface area (Å²) >= 11 is 0. The molecule has 0 amide bonds. The quantitative estimate of drug-likeness (QED) is 0.866. The van der Waals surface area contributed by atoms with E-state index in [1.54, 1.807) is 0 Å². The third-order valence-electron chi connectivity index (χ3n) is 2.90. The van der Waals surface area contributed by atoms with Gasteiger partial charge in [-0.3, -0.25) is 4.98 Å². The van der Waals surface area contributed by atoms with Crippen molar-refractivity contribution in [2.45, 2.75) is 40.0 Å². The van der Waals surface area contributed by atoms with Crippen LogP contribution in [0.15, 0.2) is 18.5 Å². The minimum atomic E-state index is 0.848. The zero-order valence-corrected chi connectivity index (χ0v) is 11.8. The van der Waals surface area contributed by atoms with Gasteiger partial charge in [0.05, 0.1) is 23.8 Å². The van der Waals surface area contributed by atoms with Crippen LogP contribution in [0.3, 0.4) is 0 Å². The first-order valence-corrected chi connectivity index (χ1v) is 6.92. The lowest BCUT2D eigenvalue weighted by molar-refractivity contribution is 0.787. The Kier molecular flexibility index (Phi) is 4.49. The van der Waals surface area contributed by atoms with Crippen molar-refractivity contribution in [3.63, 3.8) is 0 Å². The van der Waals surface area contributed by atoms with E-state index in [0.717, 1.165) is 48.8 Å². The first-order chi connectivity index (χ1) is 9.28. The molecule has 0 aliphatic heterocycles. The summed E-state index contributed by atoms with van der Waals surface area (Å²) in [7, 11) is 0. The highest BCUT2D eigenvalue weighted by atomic mass is 15.4. The highest BCUT2D eigenvalue weighted by molar-refractivity contribution is 5.48. The first-order valence-electron chi connectivity index (χ1n) is 6.92. The van der Waals surface area contributed by atoms with E-state index in [4.69, 9.17) is 0 Å². The van der Waals surface area contributed by atoms with Crippen LogP contribution in [0.25, 0.3) is 5.69 Å². The summed E-state index contributed by atoms with van der Waals surface area (Å²) in [6.45, 7) is 7.25. The highest BCUT2D eigenvalue weighted by Gasteiger charge is 2.09. The van der Waals surface area contributed by atoms with Crippen LogP contribution in [0.1, 0.15) is 38.8 Å². The average molecular weight is 259 g/mol. The maximum absolute atomic E-state index is 4.53. The first kappa shape index (κ1) is 13.5. The molecule has 0 aliphatic rings. The van der Waals surface area contributed by atoms with Crippen LogP contribution in [0.5, 0.6) is 0 Å². The third-order valence-corrected chi connectivity index (χ3v) is 2.90. The van der Waals surface area contributed by atoms with E-state index >= 15 is 0 Å². The Morgan fingerprint density at radius 3 is 2.68 bits per heavy atom. The molecule has 1 N–H and O–H groups in total. The van der Waals surface area contributed by atoms with Gasteiger partial charge in [-0.1, -0.05) is 20.8 Å². The number of hydrogen-bond acceptors (Lipinski definition) is 4. The lowest BCUT2D eigenvalue weighted by Gasteiger charge is -2.08. The molecule has 0 aromatic carbocycles. The van der Waals surface area contributed by atoms with Gasteiger partial charge in [0.25, 0.3) is 0 Å². The topological polar surface area (TPSA) is 55.6 Å². The van der Waals surface area contributed by atoms with E-state index in [1.165, 1.54) is 0 Å². The van der Waals surface area contributed by atoms with Gasteiger partial charge in [-0.15, -0.1) is 0 Å². The molecule has 0 radical (unpaired) electrons. The van der Waals surface area contributed by atoms with Crippen LogP contribution in [-0.4, -0.2) is 26.3 Å². The minimum absolute atomic E-state index is 0.848. The fraction of sp³-hybridized carbons (Fsp3) is 0.500. The molecule has 0 saturated heterocycles. The molecule has 5 nitrogen and oxygen atoms in total. The van der Waals surface area contributed by atoms with Crippen LogP contribution in [0.4, 0.5) is 5.69 Å². The molecule has 102 valence electrons. The van der Waals surface area contributed by atoms with Crippen molar-refractivity contribution in [3.8, 4) is 5.69 Å². The number of aryl methyl sites for hydroxylation is 2. The highest BCUT2D eigenvalue weighted by Crippen LogP contribution is 2.14. The van der Waals surface area contributed by atoms with Crippen LogP contribution in [0, 0.1) is 0 Å². The number of nitrogens with zero attached hydrogens (tertiary/aromatic N) is 4. The van der Waals surface area contributed by atoms with Gasteiger partial charge >= 0.3 is 0 Å². The molecule has 0 spiro atoms. The lowest BCUT2D eigenvalue weighted by Crippen LogP contribution is -2.05. The zero-order valence-electron chi connectivity index (χ0n) is 11.8. The number of aromatic nitrogens is 4. The molecular formula is C14H21N5. The second-order valence-corrected chi connectivity index (χ2v) is 4.42. The van der Waals surface area contributed by atoms with Crippen LogP contribution >= 0.6 is 0 Å². The van der Waals surface area contributed by atoms with Crippen molar-refractivity contribution in [1.29, 1.82) is 0 Å². The summed E-state index contributed by atoms with van der Waals surface area (Å²) < 4.78 is 1.89. The van der Waals surface area contributed by atoms with E-state index in [2.05, 4.69) is 47.2 Å². The summed E-state index contributed by atoms with van der Waals surface area (Å²) in [6, 6.07) is 2.07. The summed E-state index contributed by atoms with van der Waals surface area (Å²) in [5, 5.41) is 7.87. The van der Waals surface area contributed by atoms with Gasteiger partial charge in [0, 0.05) is 19.4 Å². The Morgan fingerprint density at radius 1 is 1.16 bits per heavy atom. The van der Waals surface area contributed by atoms with Crippen LogP contribution in [-0.2, 0) is 12.8 Å². The molecule has 0 saturated carbocycles. The average Bonchev–Trinajstić information content (AvgIpc) is 2.89. The number of nitrogens with one attached hydrogen (secondary N) is 1. The maximum Gasteiger partial charge on any atom is 0.151 e. The SMILES string of the molecule is CCCNc1cncc(-n2nc(CC)nc2CC)c1. The van der Waals surface area contributed by atoms with Crippen molar-refractivity contribution in [1.82, 2.24) is 19.7 Å². The maximum atomic E-state index is 4.53. The predicted octanol–water partition coefficient (Wildman–Crippen LogP) is 2.61. The zero-order chi connectivity index (χ0) is 13.7. The Balaban J connectivity index is 2.32. The van der Waals surface area contributed by atoms with E-state index in [9.17, 15) is 0 Å². The molecule has 5 heteroatoms. The second-order valence-electron chi connectivity index (χ2n) is 4.42. The van der Waals surface area contributed by atoms with E-state index in [-0.39, 0.29) is 0 Å². The van der Waals surface area contributed by atoms with E-state index < -0.39 is 0 Å². The molecule has 0 unspecified atom stereocenters. The largest absolute Gasteiger partial charge is 0.384 e. The fourth-order valence-electron chi connectivity index (χ4n) is 1.89. The molecular weight excluding hydrogens is 238 g/mol. The van der Waals surface area contributed by atoms with Crippen LogP contribution < -0.4 is 5.32 Å². The monoisotopic (exact) mass is 259 g/mol.